The smallest absolute Gasteiger partial charge is 0.206 e. The van der Waals surface area contributed by atoms with Crippen molar-refractivity contribution >= 4 is 0 Å². The van der Waals surface area contributed by atoms with Gasteiger partial charge in [-0.05, 0) is 6.42 Å². The first-order valence-corrected chi connectivity index (χ1v) is 5.89. The van der Waals surface area contributed by atoms with Gasteiger partial charge in [0.1, 0.15) is 0 Å². The maximum absolute atomic E-state index is 13.3. The number of hydrogen-bond donors (Lipinski definition) is 0. The first-order valence-electron chi connectivity index (χ1n) is 5.89. The van der Waals surface area contributed by atoms with E-state index in [0.717, 1.165) is 6.42 Å². The Bertz CT molecular complexity index is 459. The van der Waals surface area contributed by atoms with Crippen molar-refractivity contribution < 1.29 is 36.2 Å². The normalized spacial score (nSPS) is 16.4. The first kappa shape index (κ1) is 15.0. The molecule has 1 aliphatic rings. The van der Waals surface area contributed by atoms with Gasteiger partial charge in [0.25, 0.3) is 0 Å². The Balaban J connectivity index is 2.02. The highest BCUT2D eigenvalue weighted by Gasteiger charge is 2.27. The van der Waals surface area contributed by atoms with Crippen LogP contribution in [-0.4, -0.2) is 26.1 Å². The molecule has 1 heterocycles. The van der Waals surface area contributed by atoms with E-state index in [4.69, 9.17) is 9.47 Å². The van der Waals surface area contributed by atoms with E-state index in [2.05, 4.69) is 4.74 Å². The van der Waals surface area contributed by atoms with E-state index in [1.165, 1.54) is 0 Å². The highest BCUT2D eigenvalue weighted by Crippen LogP contribution is 2.29. The molecule has 2 rings (SSSR count). The summed E-state index contributed by atoms with van der Waals surface area (Å²) in [5.74, 6) is -11.6. The standard InChI is InChI=1S/C12H11F5O3/c13-7-8(14)10(16)12(11(17)9(7)15)20-5-2-6-18-3-1-4-19-6/h6H,1-5H2. The van der Waals surface area contributed by atoms with Crippen LogP contribution in [0.3, 0.4) is 0 Å². The molecule has 3 nitrogen and oxygen atoms in total. The van der Waals surface area contributed by atoms with Gasteiger partial charge in [0.2, 0.25) is 29.1 Å². The lowest BCUT2D eigenvalue weighted by atomic mass is 10.2. The molecular formula is C12H11F5O3. The van der Waals surface area contributed by atoms with E-state index in [9.17, 15) is 22.0 Å². The van der Waals surface area contributed by atoms with Crippen molar-refractivity contribution in [3.63, 3.8) is 0 Å². The topological polar surface area (TPSA) is 27.7 Å². The maximum atomic E-state index is 13.3. The molecule has 0 radical (unpaired) electrons. The molecule has 1 aromatic rings. The third-order valence-corrected chi connectivity index (χ3v) is 2.67. The molecule has 20 heavy (non-hydrogen) atoms. The third-order valence-electron chi connectivity index (χ3n) is 2.67. The van der Waals surface area contributed by atoms with Gasteiger partial charge in [-0.1, -0.05) is 0 Å². The van der Waals surface area contributed by atoms with Crippen LogP contribution in [0.1, 0.15) is 12.8 Å². The first-order chi connectivity index (χ1) is 9.52. The number of ether oxygens (including phenoxy) is 3. The lowest BCUT2D eigenvalue weighted by Gasteiger charge is -2.23. The second kappa shape index (κ2) is 6.36. The summed E-state index contributed by atoms with van der Waals surface area (Å²) in [4.78, 5) is 0. The van der Waals surface area contributed by atoms with Crippen LogP contribution in [0, 0.1) is 29.1 Å². The van der Waals surface area contributed by atoms with Gasteiger partial charge in [0.05, 0.1) is 19.8 Å². The summed E-state index contributed by atoms with van der Waals surface area (Å²) in [5, 5.41) is 0. The van der Waals surface area contributed by atoms with E-state index >= 15 is 0 Å². The number of hydrogen-bond acceptors (Lipinski definition) is 3. The molecule has 8 heteroatoms. The molecule has 0 N–H and O–H groups in total. The summed E-state index contributed by atoms with van der Waals surface area (Å²) in [5.41, 5.74) is 0. The molecule has 0 spiro atoms. The van der Waals surface area contributed by atoms with E-state index in [1.807, 2.05) is 0 Å². The monoisotopic (exact) mass is 298 g/mol. The lowest BCUT2D eigenvalue weighted by molar-refractivity contribution is -0.183. The molecule has 0 saturated carbocycles. The predicted octanol–water partition coefficient (Wildman–Crippen LogP) is 2.91. The molecular weight excluding hydrogens is 287 g/mol. The van der Waals surface area contributed by atoms with E-state index < -0.39 is 41.1 Å². The van der Waals surface area contributed by atoms with Crippen molar-refractivity contribution in [2.45, 2.75) is 19.1 Å². The van der Waals surface area contributed by atoms with E-state index in [1.54, 1.807) is 0 Å². The zero-order chi connectivity index (χ0) is 14.7. The Morgan fingerprint density at radius 2 is 1.35 bits per heavy atom. The second-order valence-corrected chi connectivity index (χ2v) is 4.06. The highest BCUT2D eigenvalue weighted by atomic mass is 19.2. The van der Waals surface area contributed by atoms with Crippen molar-refractivity contribution in [2.24, 2.45) is 0 Å². The zero-order valence-corrected chi connectivity index (χ0v) is 10.2. The molecule has 1 aromatic carbocycles. The molecule has 0 unspecified atom stereocenters. The predicted molar refractivity (Wildman–Crippen MR) is 56.7 cm³/mol. The summed E-state index contributed by atoms with van der Waals surface area (Å²) >= 11 is 0. The minimum Gasteiger partial charge on any atom is -0.487 e. The van der Waals surface area contributed by atoms with Crippen LogP contribution in [0.5, 0.6) is 5.75 Å². The fourth-order valence-corrected chi connectivity index (χ4v) is 1.67. The molecule has 0 aliphatic carbocycles. The largest absolute Gasteiger partial charge is 0.487 e. The average molecular weight is 298 g/mol. The van der Waals surface area contributed by atoms with Gasteiger partial charge < -0.3 is 14.2 Å². The summed E-state index contributed by atoms with van der Waals surface area (Å²) in [6, 6.07) is 0. The summed E-state index contributed by atoms with van der Waals surface area (Å²) < 4.78 is 80.0. The van der Waals surface area contributed by atoms with Crippen molar-refractivity contribution in [1.82, 2.24) is 0 Å². The van der Waals surface area contributed by atoms with Crippen LogP contribution in [0.2, 0.25) is 0 Å². The second-order valence-electron chi connectivity index (χ2n) is 4.06. The van der Waals surface area contributed by atoms with Crippen LogP contribution >= 0.6 is 0 Å². The van der Waals surface area contributed by atoms with Crippen LogP contribution < -0.4 is 4.74 Å². The van der Waals surface area contributed by atoms with Crippen LogP contribution in [0.25, 0.3) is 0 Å². The molecule has 0 atom stereocenters. The Labute approximate surface area is 111 Å². The van der Waals surface area contributed by atoms with Gasteiger partial charge >= 0.3 is 0 Å². The minimum absolute atomic E-state index is 0.111. The van der Waals surface area contributed by atoms with Crippen LogP contribution in [-0.2, 0) is 9.47 Å². The number of benzene rings is 1. The maximum Gasteiger partial charge on any atom is 0.206 e. The van der Waals surface area contributed by atoms with Crippen LogP contribution in [0.4, 0.5) is 22.0 Å². The van der Waals surface area contributed by atoms with E-state index in [0.29, 0.717) is 13.2 Å². The molecule has 0 aromatic heterocycles. The quantitative estimate of drug-likeness (QED) is 0.486. The number of rotatable bonds is 4. The van der Waals surface area contributed by atoms with Gasteiger partial charge in [-0.25, -0.2) is 13.2 Å². The highest BCUT2D eigenvalue weighted by molar-refractivity contribution is 5.29. The molecule has 1 saturated heterocycles. The van der Waals surface area contributed by atoms with Crippen molar-refractivity contribution in [3.05, 3.63) is 29.1 Å². The van der Waals surface area contributed by atoms with Crippen molar-refractivity contribution in [1.29, 1.82) is 0 Å². The van der Waals surface area contributed by atoms with Gasteiger partial charge in [0.15, 0.2) is 12.0 Å². The Morgan fingerprint density at radius 1 is 0.850 bits per heavy atom. The van der Waals surface area contributed by atoms with Gasteiger partial charge in [-0.15, -0.1) is 0 Å². The Morgan fingerprint density at radius 3 is 1.90 bits per heavy atom. The summed E-state index contributed by atoms with van der Waals surface area (Å²) in [6.07, 6.45) is 0.235. The minimum atomic E-state index is -2.22. The Kier molecular flexibility index (Phi) is 4.77. The molecule has 112 valence electrons. The van der Waals surface area contributed by atoms with E-state index in [-0.39, 0.29) is 13.0 Å². The molecule has 0 amide bonds. The zero-order valence-electron chi connectivity index (χ0n) is 10.2. The number of halogens is 5. The van der Waals surface area contributed by atoms with Gasteiger partial charge in [0, 0.05) is 6.42 Å². The summed E-state index contributed by atoms with van der Waals surface area (Å²) in [6.45, 7) is 0.656. The lowest BCUT2D eigenvalue weighted by Crippen LogP contribution is -2.26. The Hall–Kier alpha value is -1.41. The van der Waals surface area contributed by atoms with Crippen molar-refractivity contribution in [2.75, 3.05) is 19.8 Å². The van der Waals surface area contributed by atoms with Crippen LogP contribution in [0.15, 0.2) is 0 Å². The fourth-order valence-electron chi connectivity index (χ4n) is 1.67. The van der Waals surface area contributed by atoms with Gasteiger partial charge in [-0.3, -0.25) is 0 Å². The SMILES string of the molecule is Fc1c(F)c(F)c(OCCC2OCCCO2)c(F)c1F. The molecule has 1 aliphatic heterocycles. The molecule has 0 bridgehead atoms. The summed E-state index contributed by atoms with van der Waals surface area (Å²) in [7, 11) is 0. The average Bonchev–Trinajstić information content (AvgIpc) is 2.48. The molecule has 1 fully saturated rings. The third kappa shape index (κ3) is 3.01. The van der Waals surface area contributed by atoms with Gasteiger partial charge in [-0.2, -0.15) is 8.78 Å². The fraction of sp³-hybridized carbons (Fsp3) is 0.500. The van der Waals surface area contributed by atoms with Crippen molar-refractivity contribution in [3.8, 4) is 5.75 Å².